The number of rotatable bonds is 5. The molecule has 0 bridgehead atoms. The minimum atomic E-state index is -1.17. The first kappa shape index (κ1) is 31.5. The van der Waals surface area contributed by atoms with Gasteiger partial charge in [0.2, 0.25) is 0 Å². The molecule has 0 aromatic heterocycles. The quantitative estimate of drug-likeness (QED) is 0.337. The van der Waals surface area contributed by atoms with Gasteiger partial charge < -0.3 is 0 Å². The highest BCUT2D eigenvalue weighted by Crippen LogP contribution is 2.59. The van der Waals surface area contributed by atoms with Gasteiger partial charge in [0.1, 0.15) is 11.0 Å². The lowest BCUT2D eigenvalue weighted by Crippen LogP contribution is -2.41. The second-order valence-electron chi connectivity index (χ2n) is 15.6. The van der Waals surface area contributed by atoms with Gasteiger partial charge in [0.05, 0.1) is 10.8 Å². The van der Waals surface area contributed by atoms with Crippen LogP contribution in [0.15, 0.2) is 42.5 Å². The summed E-state index contributed by atoms with van der Waals surface area (Å²) in [4.78, 5) is 0. The molecular weight excluding hydrogens is 501 g/mol. The molecule has 38 heavy (non-hydrogen) atoms. The Bertz CT molecular complexity index is 1160. The van der Waals surface area contributed by atoms with Crippen LogP contribution in [0.3, 0.4) is 0 Å². The van der Waals surface area contributed by atoms with Crippen LogP contribution < -0.4 is 5.30 Å². The lowest BCUT2D eigenvalue weighted by Gasteiger charge is -2.45. The monoisotopic (exact) mass is 555 g/mol. The van der Waals surface area contributed by atoms with Gasteiger partial charge in [0, 0.05) is 7.05 Å². The van der Waals surface area contributed by atoms with E-state index in [1.165, 1.54) is 40.4 Å². The Morgan fingerprint density at radius 1 is 0.789 bits per heavy atom. The summed E-state index contributed by atoms with van der Waals surface area (Å²) in [6.07, 6.45) is 2.38. The molecular formula is C34H54NOPS. The fourth-order valence-electron chi connectivity index (χ4n) is 6.54. The third-order valence-electron chi connectivity index (χ3n) is 8.16. The summed E-state index contributed by atoms with van der Waals surface area (Å²) in [5.41, 5.74) is 5.77. The Kier molecular flexibility index (Phi) is 8.64. The maximum Gasteiger partial charge on any atom is 0.100 e. The van der Waals surface area contributed by atoms with Crippen molar-refractivity contribution in [2.45, 2.75) is 135 Å². The molecule has 2 nitrogen and oxygen atoms in total. The van der Waals surface area contributed by atoms with E-state index in [0.717, 1.165) is 0 Å². The average Bonchev–Trinajstić information content (AvgIpc) is 2.75. The van der Waals surface area contributed by atoms with Gasteiger partial charge in [-0.2, -0.15) is 0 Å². The number of benzene rings is 2. The summed E-state index contributed by atoms with van der Waals surface area (Å²) in [5, 5.41) is 1.71. The fraction of sp³-hybridized carbons (Fsp3) is 0.647. The molecule has 0 N–H and O–H groups in total. The van der Waals surface area contributed by atoms with Crippen molar-refractivity contribution in [3.05, 3.63) is 64.7 Å². The summed E-state index contributed by atoms with van der Waals surface area (Å²) in [6.45, 7) is 30.1. The van der Waals surface area contributed by atoms with Crippen LogP contribution in [0.4, 0.5) is 0 Å². The summed E-state index contributed by atoms with van der Waals surface area (Å²) >= 11 is 0. The van der Waals surface area contributed by atoms with Gasteiger partial charge >= 0.3 is 0 Å². The van der Waals surface area contributed by atoms with Gasteiger partial charge in [-0.15, -0.1) is 0 Å². The average molecular weight is 556 g/mol. The molecule has 2 aromatic carbocycles. The zero-order valence-corrected chi connectivity index (χ0v) is 28.5. The van der Waals surface area contributed by atoms with Gasteiger partial charge in [0.15, 0.2) is 0 Å². The minimum Gasteiger partial charge on any atom is -0.242 e. The van der Waals surface area contributed by atoms with E-state index in [2.05, 4.69) is 144 Å². The van der Waals surface area contributed by atoms with E-state index in [9.17, 15) is 4.21 Å². The van der Waals surface area contributed by atoms with Crippen molar-refractivity contribution in [2.75, 3.05) is 7.05 Å². The van der Waals surface area contributed by atoms with Gasteiger partial charge in [0.25, 0.3) is 0 Å². The van der Waals surface area contributed by atoms with E-state index in [1.807, 2.05) is 0 Å². The lowest BCUT2D eigenvalue weighted by atomic mass is 9.63. The first-order chi connectivity index (χ1) is 17.1. The number of hydrogen-bond acceptors (Lipinski definition) is 1. The van der Waals surface area contributed by atoms with Crippen LogP contribution in [0.25, 0.3) is 0 Å². The number of nitrogens with zero attached hydrogens (tertiary/aromatic N) is 1. The van der Waals surface area contributed by atoms with E-state index >= 15 is 0 Å². The highest BCUT2D eigenvalue weighted by atomic mass is 32.2. The first-order valence-electron chi connectivity index (χ1n) is 14.3. The number of hydrogen-bond donors (Lipinski definition) is 0. The van der Waals surface area contributed by atoms with Crippen molar-refractivity contribution in [1.82, 2.24) is 4.31 Å². The van der Waals surface area contributed by atoms with Gasteiger partial charge in [-0.1, -0.05) is 120 Å². The molecule has 4 heteroatoms. The highest BCUT2D eigenvalue weighted by molar-refractivity contribution is 7.84. The SMILES string of the molecule is CN(C(c1ccc2c(c1)C(C)(C)CCC2(C)C)c1ccccc1P(C(C)(C)C)C(C)(C)C)S(=O)C(C)(C)C. The standard InChI is InChI=1S/C34H54NOPS/c1-30(2,3)37(31(4,5)6)28-18-16-15-17-25(28)29(35(14)38(36)32(7,8)9)24-19-20-26-27(23-24)34(12,13)22-21-33(26,10)11/h15-20,23,29H,21-22H2,1-14H3. The molecule has 2 aromatic rings. The topological polar surface area (TPSA) is 20.3 Å². The van der Waals surface area contributed by atoms with Crippen LogP contribution in [0, 0.1) is 0 Å². The zero-order chi connectivity index (χ0) is 29.1. The van der Waals surface area contributed by atoms with Crippen LogP contribution in [-0.2, 0) is 21.8 Å². The third kappa shape index (κ3) is 6.31. The van der Waals surface area contributed by atoms with Crippen LogP contribution in [0.1, 0.15) is 131 Å². The summed E-state index contributed by atoms with van der Waals surface area (Å²) in [7, 11) is 0.368. The maximum atomic E-state index is 14.0. The number of fused-ring (bicyclic) bond motifs is 1. The molecule has 2 atom stereocenters. The summed E-state index contributed by atoms with van der Waals surface area (Å²) in [6, 6.07) is 16.1. The second kappa shape index (κ2) is 10.4. The predicted molar refractivity (Wildman–Crippen MR) is 172 cm³/mol. The van der Waals surface area contributed by atoms with Gasteiger partial charge in [-0.05, 0) is 82.3 Å². The van der Waals surface area contributed by atoms with Crippen LogP contribution >= 0.6 is 7.92 Å². The second-order valence-corrected chi connectivity index (χ2v) is 21.8. The zero-order valence-electron chi connectivity index (χ0n) is 26.7. The molecule has 0 saturated heterocycles. The Hall–Kier alpha value is -1.02. The maximum absolute atomic E-state index is 14.0. The molecule has 3 rings (SSSR count). The Labute approximate surface area is 238 Å². The molecule has 0 amide bonds. The van der Waals surface area contributed by atoms with E-state index < -0.39 is 18.9 Å². The lowest BCUT2D eigenvalue weighted by molar-refractivity contribution is 0.330. The Balaban J connectivity index is 2.35. The molecule has 0 spiro atoms. The van der Waals surface area contributed by atoms with Crippen molar-refractivity contribution in [2.24, 2.45) is 0 Å². The van der Waals surface area contributed by atoms with Crippen molar-refractivity contribution < 1.29 is 4.21 Å². The fourth-order valence-corrected chi connectivity index (χ4v) is 12.0. The minimum absolute atomic E-state index is 0.0907. The smallest absolute Gasteiger partial charge is 0.100 e. The highest BCUT2D eigenvalue weighted by Gasteiger charge is 2.41. The Morgan fingerprint density at radius 2 is 1.29 bits per heavy atom. The van der Waals surface area contributed by atoms with E-state index in [1.54, 1.807) is 0 Å². The molecule has 2 unspecified atom stereocenters. The molecule has 0 fully saturated rings. The van der Waals surface area contributed by atoms with Crippen LogP contribution in [0.5, 0.6) is 0 Å². The normalized spacial score (nSPS) is 19.4. The van der Waals surface area contributed by atoms with Crippen molar-refractivity contribution in [3.8, 4) is 0 Å². The molecule has 212 valence electrons. The molecule has 0 heterocycles. The molecule has 1 aliphatic carbocycles. The molecule has 1 aliphatic rings. The Morgan fingerprint density at radius 3 is 1.79 bits per heavy atom. The largest absolute Gasteiger partial charge is 0.242 e. The first-order valence-corrected chi connectivity index (χ1v) is 16.7. The van der Waals surface area contributed by atoms with Crippen LogP contribution in [-0.4, -0.2) is 30.6 Å². The van der Waals surface area contributed by atoms with E-state index in [-0.39, 0.29) is 31.9 Å². The predicted octanol–water partition coefficient (Wildman–Crippen LogP) is 9.22. The van der Waals surface area contributed by atoms with Crippen LogP contribution in [0.2, 0.25) is 0 Å². The molecule has 0 aliphatic heterocycles. The van der Waals surface area contributed by atoms with Crippen molar-refractivity contribution >= 4 is 24.2 Å². The van der Waals surface area contributed by atoms with Crippen molar-refractivity contribution in [1.29, 1.82) is 0 Å². The summed E-state index contributed by atoms with van der Waals surface area (Å²) < 4.78 is 15.8. The van der Waals surface area contributed by atoms with Gasteiger partial charge in [-0.25, -0.2) is 8.51 Å². The van der Waals surface area contributed by atoms with Gasteiger partial charge in [-0.3, -0.25) is 0 Å². The van der Waals surface area contributed by atoms with E-state index in [0.29, 0.717) is 0 Å². The van der Waals surface area contributed by atoms with E-state index in [4.69, 9.17) is 0 Å². The van der Waals surface area contributed by atoms with Crippen molar-refractivity contribution in [3.63, 3.8) is 0 Å². The molecule has 0 saturated carbocycles. The molecule has 0 radical (unpaired) electrons. The summed E-state index contributed by atoms with van der Waals surface area (Å²) in [5.74, 6) is 0. The third-order valence-corrected chi connectivity index (χ3v) is 13.5.